The number of aromatic nitrogens is 6. The first-order valence-corrected chi connectivity index (χ1v) is 9.18. The SMILES string of the molecule is COc1cnc2c(NCc3nnc4ccc(C(=S)C=C(C)N)nn34)ccnc2c1. The fourth-order valence-electron chi connectivity index (χ4n) is 2.80. The van der Waals surface area contributed by atoms with Crippen molar-refractivity contribution in [3.63, 3.8) is 0 Å². The van der Waals surface area contributed by atoms with E-state index in [1.807, 2.05) is 18.2 Å². The van der Waals surface area contributed by atoms with Gasteiger partial charge in [0.25, 0.3) is 0 Å². The Morgan fingerprint density at radius 3 is 2.93 bits per heavy atom. The highest BCUT2D eigenvalue weighted by molar-refractivity contribution is 7.81. The first-order valence-electron chi connectivity index (χ1n) is 8.77. The molecule has 0 fully saturated rings. The zero-order valence-electron chi connectivity index (χ0n) is 15.8. The number of allylic oxidation sites excluding steroid dienone is 2. The van der Waals surface area contributed by atoms with Crippen LogP contribution in [0.5, 0.6) is 5.75 Å². The highest BCUT2D eigenvalue weighted by Crippen LogP contribution is 2.23. The summed E-state index contributed by atoms with van der Waals surface area (Å²) >= 11 is 5.38. The van der Waals surface area contributed by atoms with Gasteiger partial charge in [0.15, 0.2) is 11.5 Å². The van der Waals surface area contributed by atoms with Gasteiger partial charge >= 0.3 is 0 Å². The highest BCUT2D eigenvalue weighted by Gasteiger charge is 2.11. The second-order valence-corrected chi connectivity index (χ2v) is 6.75. The van der Waals surface area contributed by atoms with E-state index in [0.717, 1.165) is 16.7 Å². The van der Waals surface area contributed by atoms with Gasteiger partial charge in [0, 0.05) is 18.0 Å². The van der Waals surface area contributed by atoms with Gasteiger partial charge < -0.3 is 15.8 Å². The molecule has 0 spiro atoms. The zero-order chi connectivity index (χ0) is 20.4. The Morgan fingerprint density at radius 1 is 1.28 bits per heavy atom. The topological polar surface area (TPSA) is 116 Å². The number of nitrogens with two attached hydrogens (primary N) is 1. The summed E-state index contributed by atoms with van der Waals surface area (Å²) in [7, 11) is 1.60. The van der Waals surface area contributed by atoms with Crippen molar-refractivity contribution in [1.29, 1.82) is 0 Å². The zero-order valence-corrected chi connectivity index (χ0v) is 16.6. The van der Waals surface area contributed by atoms with Crippen LogP contribution in [0.25, 0.3) is 16.7 Å². The number of pyridine rings is 2. The summed E-state index contributed by atoms with van der Waals surface area (Å²) in [5.41, 5.74) is 9.88. The van der Waals surface area contributed by atoms with E-state index in [9.17, 15) is 0 Å². The number of fused-ring (bicyclic) bond motifs is 2. The van der Waals surface area contributed by atoms with Crippen LogP contribution < -0.4 is 15.8 Å². The van der Waals surface area contributed by atoms with Gasteiger partial charge in [0.05, 0.1) is 35.9 Å². The van der Waals surface area contributed by atoms with Gasteiger partial charge in [-0.05, 0) is 31.2 Å². The molecule has 0 aliphatic heterocycles. The number of hydrogen-bond acceptors (Lipinski definition) is 9. The standard InChI is InChI=1S/C19H18N8OS/c1-11(20)7-16(29)13-3-4-17-24-25-18(27(17)26-13)10-22-14-5-6-21-15-8-12(28-2)9-23-19(14)15/h3-9H,10,20H2,1-2H3,(H,21,22). The van der Waals surface area contributed by atoms with Gasteiger partial charge in [-0.15, -0.1) is 10.2 Å². The van der Waals surface area contributed by atoms with Crippen LogP contribution in [0.4, 0.5) is 5.69 Å². The molecule has 0 bridgehead atoms. The minimum Gasteiger partial charge on any atom is -0.495 e. The first kappa shape index (κ1) is 18.7. The molecule has 9 nitrogen and oxygen atoms in total. The number of methoxy groups -OCH3 is 1. The van der Waals surface area contributed by atoms with E-state index < -0.39 is 0 Å². The van der Waals surface area contributed by atoms with Gasteiger partial charge in [-0.25, -0.2) is 4.98 Å². The van der Waals surface area contributed by atoms with Crippen LogP contribution in [0, 0.1) is 0 Å². The van der Waals surface area contributed by atoms with E-state index >= 15 is 0 Å². The van der Waals surface area contributed by atoms with Crippen LogP contribution in [-0.2, 0) is 6.54 Å². The number of nitrogens with zero attached hydrogens (tertiary/aromatic N) is 6. The number of ether oxygens (including phenoxy) is 1. The molecule has 0 saturated heterocycles. The van der Waals surface area contributed by atoms with E-state index in [4.69, 9.17) is 22.7 Å². The molecule has 0 aromatic carbocycles. The Kier molecular flexibility index (Phi) is 5.00. The molecule has 4 rings (SSSR count). The van der Waals surface area contributed by atoms with Crippen molar-refractivity contribution in [2.24, 2.45) is 5.73 Å². The summed E-state index contributed by atoms with van der Waals surface area (Å²) in [6, 6.07) is 7.31. The molecule has 3 N–H and O–H groups in total. The first-order chi connectivity index (χ1) is 14.0. The third-order valence-corrected chi connectivity index (χ3v) is 4.49. The summed E-state index contributed by atoms with van der Waals surface area (Å²) in [6.07, 6.45) is 5.07. The van der Waals surface area contributed by atoms with E-state index in [2.05, 4.69) is 30.6 Å². The molecule has 4 heterocycles. The van der Waals surface area contributed by atoms with Crippen molar-refractivity contribution < 1.29 is 4.74 Å². The molecule has 0 aliphatic rings. The maximum Gasteiger partial charge on any atom is 0.178 e. The second-order valence-electron chi connectivity index (χ2n) is 6.31. The smallest absolute Gasteiger partial charge is 0.178 e. The van der Waals surface area contributed by atoms with Crippen LogP contribution in [0.2, 0.25) is 0 Å². The van der Waals surface area contributed by atoms with Gasteiger partial charge in [0.2, 0.25) is 0 Å². The van der Waals surface area contributed by atoms with Crippen LogP contribution in [0.15, 0.2) is 48.4 Å². The molecule has 0 radical (unpaired) electrons. The van der Waals surface area contributed by atoms with Crippen molar-refractivity contribution in [2.45, 2.75) is 13.5 Å². The summed E-state index contributed by atoms with van der Waals surface area (Å²) in [5, 5.41) is 16.3. The lowest BCUT2D eigenvalue weighted by atomic mass is 10.2. The third kappa shape index (κ3) is 3.83. The maximum absolute atomic E-state index is 5.71. The molecule has 0 unspecified atom stereocenters. The minimum absolute atomic E-state index is 0.392. The van der Waals surface area contributed by atoms with E-state index in [1.54, 1.807) is 43.1 Å². The Hall–Kier alpha value is -3.66. The molecule has 0 aliphatic carbocycles. The van der Waals surface area contributed by atoms with Crippen LogP contribution in [-0.4, -0.2) is 41.8 Å². The van der Waals surface area contributed by atoms with Crippen molar-refractivity contribution in [2.75, 3.05) is 12.4 Å². The number of rotatable bonds is 6. The van der Waals surface area contributed by atoms with Crippen molar-refractivity contribution >= 4 is 39.5 Å². The number of nitrogens with one attached hydrogen (secondary N) is 1. The summed E-state index contributed by atoms with van der Waals surface area (Å²) in [6.45, 7) is 2.17. The van der Waals surface area contributed by atoms with Gasteiger partial charge in [-0.2, -0.15) is 9.61 Å². The summed E-state index contributed by atoms with van der Waals surface area (Å²) in [5.74, 6) is 1.29. The average Bonchev–Trinajstić information content (AvgIpc) is 3.13. The van der Waals surface area contributed by atoms with Crippen molar-refractivity contribution in [3.05, 3.63) is 60.0 Å². The van der Waals surface area contributed by atoms with Crippen LogP contribution in [0.1, 0.15) is 18.4 Å². The number of hydrogen-bond donors (Lipinski definition) is 2. The highest BCUT2D eigenvalue weighted by atomic mass is 32.1. The molecule has 0 atom stereocenters. The number of thiocarbonyl (C=S) groups is 1. The van der Waals surface area contributed by atoms with Crippen LogP contribution >= 0.6 is 12.2 Å². The van der Waals surface area contributed by atoms with Crippen molar-refractivity contribution in [3.8, 4) is 5.75 Å². The maximum atomic E-state index is 5.71. The predicted molar refractivity (Wildman–Crippen MR) is 114 cm³/mol. The summed E-state index contributed by atoms with van der Waals surface area (Å²) in [4.78, 5) is 9.33. The quantitative estimate of drug-likeness (QED) is 0.282. The Labute approximate surface area is 171 Å². The average molecular weight is 406 g/mol. The lowest BCUT2D eigenvalue weighted by Crippen LogP contribution is -2.10. The van der Waals surface area contributed by atoms with Crippen LogP contribution in [0.3, 0.4) is 0 Å². The molecule has 0 amide bonds. The second kappa shape index (κ2) is 7.76. The molecule has 4 aromatic heterocycles. The Balaban J connectivity index is 1.62. The fourth-order valence-corrected chi connectivity index (χ4v) is 3.09. The van der Waals surface area contributed by atoms with E-state index in [1.165, 1.54) is 0 Å². The van der Waals surface area contributed by atoms with E-state index in [0.29, 0.717) is 40.0 Å². The largest absolute Gasteiger partial charge is 0.495 e. The lowest BCUT2D eigenvalue weighted by Gasteiger charge is -2.09. The molecule has 0 saturated carbocycles. The molecule has 10 heteroatoms. The molecule has 4 aromatic rings. The van der Waals surface area contributed by atoms with Gasteiger partial charge in [-0.3, -0.25) is 4.98 Å². The van der Waals surface area contributed by atoms with Crippen molar-refractivity contribution in [1.82, 2.24) is 29.8 Å². The summed E-state index contributed by atoms with van der Waals surface area (Å²) < 4.78 is 6.87. The normalized spacial score (nSPS) is 11.7. The minimum atomic E-state index is 0.392. The molecule has 29 heavy (non-hydrogen) atoms. The molecular weight excluding hydrogens is 388 g/mol. The monoisotopic (exact) mass is 406 g/mol. The Bertz CT molecular complexity index is 1250. The third-order valence-electron chi connectivity index (χ3n) is 4.16. The fraction of sp³-hybridized carbons (Fsp3) is 0.158. The van der Waals surface area contributed by atoms with E-state index in [-0.39, 0.29) is 0 Å². The van der Waals surface area contributed by atoms with Gasteiger partial charge in [0.1, 0.15) is 17.0 Å². The molecular formula is C19H18N8OS. The number of anilines is 1. The Morgan fingerprint density at radius 2 is 2.14 bits per heavy atom. The molecule has 146 valence electrons. The predicted octanol–water partition coefficient (Wildman–Crippen LogP) is 2.27. The van der Waals surface area contributed by atoms with Gasteiger partial charge in [-0.1, -0.05) is 12.2 Å². The lowest BCUT2D eigenvalue weighted by molar-refractivity contribution is 0.413.